The topological polar surface area (TPSA) is 17.0 Å². The Morgan fingerprint density at radius 3 is 1.50 bits per heavy atom. The van der Waals surface area contributed by atoms with Crippen molar-refractivity contribution in [2.45, 2.75) is 0 Å². The van der Waals surface area contributed by atoms with Gasteiger partial charge >= 0.3 is 0 Å². The third kappa shape index (κ3) is 4.19. The van der Waals surface area contributed by atoms with E-state index in [1.807, 2.05) is 0 Å². The van der Waals surface area contributed by atoms with E-state index >= 15 is 0 Å². The summed E-state index contributed by atoms with van der Waals surface area (Å²) in [6.45, 7) is 0. The zero-order chi connectivity index (χ0) is 30.5. The molecule has 0 radical (unpaired) electrons. The molecule has 0 fully saturated rings. The number of benzene rings is 8. The molecular weight excluding hydrogens is 556 g/mol. The number of para-hydroxylation sites is 2. The largest absolute Gasteiger partial charge is 0.355 e. The second kappa shape index (κ2) is 10.8. The fourth-order valence-corrected chi connectivity index (χ4v) is 7.20. The molecule has 46 heavy (non-hydrogen) atoms. The highest BCUT2D eigenvalue weighted by molar-refractivity contribution is 6.21. The van der Waals surface area contributed by atoms with Crippen LogP contribution in [0, 0.1) is 0 Å². The minimum atomic E-state index is 1.05. The second-order valence-corrected chi connectivity index (χ2v) is 11.8. The van der Waals surface area contributed by atoms with Gasteiger partial charge in [0, 0.05) is 27.8 Å². The number of aromatic nitrogens is 1. The molecule has 2 nitrogen and oxygen atoms in total. The Morgan fingerprint density at radius 2 is 0.848 bits per heavy atom. The number of rotatable bonds is 5. The van der Waals surface area contributed by atoms with Crippen LogP contribution in [0.5, 0.6) is 0 Å². The van der Waals surface area contributed by atoms with Gasteiger partial charge in [-0.3, -0.25) is 0 Å². The molecule has 0 saturated carbocycles. The highest BCUT2D eigenvalue weighted by Crippen LogP contribution is 2.45. The van der Waals surface area contributed by atoms with Crippen molar-refractivity contribution in [1.82, 2.24) is 4.57 Å². The van der Waals surface area contributed by atoms with Crippen LogP contribution in [0.25, 0.3) is 71.3 Å². The number of fused-ring (bicyclic) bond motifs is 6. The van der Waals surface area contributed by atoms with Crippen molar-refractivity contribution in [1.29, 1.82) is 0 Å². The molecule has 0 atom stereocenters. The summed E-state index contributed by atoms with van der Waals surface area (Å²) in [6.07, 6.45) is 0. The summed E-state index contributed by atoms with van der Waals surface area (Å²) in [5.74, 6) is 0. The highest BCUT2D eigenvalue weighted by atomic mass is 15.0. The van der Waals surface area contributed by atoms with Gasteiger partial charge in [0.15, 0.2) is 0 Å². The zero-order valence-corrected chi connectivity index (χ0v) is 25.2. The van der Waals surface area contributed by atoms with Gasteiger partial charge in [-0.1, -0.05) is 133 Å². The molecule has 8 aromatic carbocycles. The Bertz CT molecular complexity index is 2530. The van der Waals surface area contributed by atoms with Gasteiger partial charge in [0.25, 0.3) is 0 Å². The zero-order valence-electron chi connectivity index (χ0n) is 25.2. The molecule has 0 bridgehead atoms. The molecule has 0 aliphatic heterocycles. The smallest absolute Gasteiger partial charge is 0.0562 e. The van der Waals surface area contributed by atoms with E-state index in [1.54, 1.807) is 0 Å². The second-order valence-electron chi connectivity index (χ2n) is 11.8. The summed E-state index contributed by atoms with van der Waals surface area (Å²) in [7, 11) is 0. The number of nitrogens with zero attached hydrogens (tertiary/aromatic N) is 1. The van der Waals surface area contributed by atoms with Gasteiger partial charge in [-0.05, 0) is 86.3 Å². The molecule has 9 aromatic rings. The first-order chi connectivity index (χ1) is 22.8. The third-order valence-electron chi connectivity index (χ3n) is 9.16. The Balaban J connectivity index is 1.20. The van der Waals surface area contributed by atoms with Crippen molar-refractivity contribution < 1.29 is 0 Å². The van der Waals surface area contributed by atoms with Crippen LogP contribution in [0.1, 0.15) is 0 Å². The van der Waals surface area contributed by atoms with Gasteiger partial charge in [0.2, 0.25) is 0 Å². The summed E-state index contributed by atoms with van der Waals surface area (Å²) in [5.41, 5.74) is 10.7. The van der Waals surface area contributed by atoms with Gasteiger partial charge in [0.05, 0.1) is 11.0 Å². The molecule has 1 aromatic heterocycles. The highest BCUT2D eigenvalue weighted by Gasteiger charge is 2.18. The van der Waals surface area contributed by atoms with Crippen molar-refractivity contribution in [3.8, 4) is 27.9 Å². The van der Waals surface area contributed by atoms with Crippen molar-refractivity contribution in [2.24, 2.45) is 0 Å². The standard InChI is InChI=1S/C44H30N2/c1-3-14-30(15-4-1)42-36-20-9-7-18-34(36)35-19-8-10-21-37(35)43(42)31-26-28-32(29-27-31)45-39-23-13-25-41-44(39)38-22-11-12-24-40(38)46(41)33-16-5-2-6-17-33/h1-29,45H. The van der Waals surface area contributed by atoms with Gasteiger partial charge in [0.1, 0.15) is 0 Å². The first-order valence-electron chi connectivity index (χ1n) is 15.8. The van der Waals surface area contributed by atoms with Crippen LogP contribution < -0.4 is 5.32 Å². The van der Waals surface area contributed by atoms with Crippen LogP contribution in [-0.2, 0) is 0 Å². The van der Waals surface area contributed by atoms with Gasteiger partial charge in [-0.2, -0.15) is 0 Å². The van der Waals surface area contributed by atoms with Gasteiger partial charge in [-0.25, -0.2) is 0 Å². The van der Waals surface area contributed by atoms with E-state index in [4.69, 9.17) is 0 Å². The SMILES string of the molecule is c1ccc(-c2c(-c3ccc(Nc4cccc5c4c4ccccc4n5-c4ccccc4)cc3)c3ccccc3c3ccccc23)cc1. The Morgan fingerprint density at radius 1 is 0.348 bits per heavy atom. The van der Waals surface area contributed by atoms with Crippen molar-refractivity contribution in [3.63, 3.8) is 0 Å². The van der Waals surface area contributed by atoms with Crippen LogP contribution in [0.2, 0.25) is 0 Å². The molecule has 216 valence electrons. The predicted octanol–water partition coefficient (Wildman–Crippen LogP) is 12.2. The molecule has 0 unspecified atom stereocenters. The van der Waals surface area contributed by atoms with Crippen molar-refractivity contribution in [3.05, 3.63) is 176 Å². The maximum atomic E-state index is 3.78. The lowest BCUT2D eigenvalue weighted by Crippen LogP contribution is -1.95. The molecule has 0 saturated heterocycles. The monoisotopic (exact) mass is 586 g/mol. The minimum Gasteiger partial charge on any atom is -0.355 e. The molecular formula is C44H30N2. The third-order valence-corrected chi connectivity index (χ3v) is 9.16. The van der Waals surface area contributed by atoms with E-state index < -0.39 is 0 Å². The summed E-state index contributed by atoms with van der Waals surface area (Å²) in [4.78, 5) is 0. The normalized spacial score (nSPS) is 11.5. The van der Waals surface area contributed by atoms with E-state index in [1.165, 1.54) is 65.6 Å². The fraction of sp³-hybridized carbons (Fsp3) is 0. The van der Waals surface area contributed by atoms with Crippen LogP contribution in [0.15, 0.2) is 176 Å². The first-order valence-corrected chi connectivity index (χ1v) is 15.8. The lowest BCUT2D eigenvalue weighted by Gasteiger charge is -2.19. The maximum Gasteiger partial charge on any atom is 0.0562 e. The lowest BCUT2D eigenvalue weighted by atomic mass is 9.85. The van der Waals surface area contributed by atoms with Gasteiger partial charge in [-0.15, -0.1) is 0 Å². The average Bonchev–Trinajstić information content (AvgIpc) is 3.47. The molecule has 1 heterocycles. The van der Waals surface area contributed by atoms with Crippen molar-refractivity contribution >= 4 is 54.7 Å². The number of hydrogen-bond acceptors (Lipinski definition) is 1. The Labute approximate surface area is 267 Å². The van der Waals surface area contributed by atoms with Crippen LogP contribution in [-0.4, -0.2) is 4.57 Å². The molecule has 0 amide bonds. The van der Waals surface area contributed by atoms with E-state index in [9.17, 15) is 0 Å². The van der Waals surface area contributed by atoms with E-state index in [2.05, 4.69) is 186 Å². The molecule has 0 aliphatic rings. The van der Waals surface area contributed by atoms with E-state index in [0.717, 1.165) is 17.1 Å². The number of anilines is 2. The van der Waals surface area contributed by atoms with Gasteiger partial charge < -0.3 is 9.88 Å². The van der Waals surface area contributed by atoms with E-state index in [0.29, 0.717) is 0 Å². The molecule has 0 spiro atoms. The molecule has 0 aliphatic carbocycles. The summed E-state index contributed by atoms with van der Waals surface area (Å²) in [6, 6.07) is 63.2. The maximum absolute atomic E-state index is 3.78. The number of nitrogens with one attached hydrogen (secondary N) is 1. The van der Waals surface area contributed by atoms with E-state index in [-0.39, 0.29) is 0 Å². The molecule has 1 N–H and O–H groups in total. The number of hydrogen-bond donors (Lipinski definition) is 1. The van der Waals surface area contributed by atoms with Crippen LogP contribution in [0.3, 0.4) is 0 Å². The molecule has 9 rings (SSSR count). The lowest BCUT2D eigenvalue weighted by molar-refractivity contribution is 1.18. The minimum absolute atomic E-state index is 1.05. The molecule has 2 heteroatoms. The van der Waals surface area contributed by atoms with Crippen LogP contribution in [0.4, 0.5) is 11.4 Å². The summed E-state index contributed by atoms with van der Waals surface area (Å²) >= 11 is 0. The quantitative estimate of drug-likeness (QED) is 0.199. The van der Waals surface area contributed by atoms with Crippen molar-refractivity contribution in [2.75, 3.05) is 5.32 Å². The Kier molecular flexibility index (Phi) is 6.17. The van der Waals surface area contributed by atoms with Crippen LogP contribution >= 0.6 is 0 Å². The first kappa shape index (κ1) is 26.3. The summed E-state index contributed by atoms with van der Waals surface area (Å²) < 4.78 is 2.36. The Hall–Kier alpha value is -6.12. The average molecular weight is 587 g/mol. The predicted molar refractivity (Wildman–Crippen MR) is 196 cm³/mol. The summed E-state index contributed by atoms with van der Waals surface area (Å²) in [5, 5.41) is 11.3. The fourth-order valence-electron chi connectivity index (χ4n) is 7.20.